The molecule has 0 bridgehead atoms. The van der Waals surface area contributed by atoms with Gasteiger partial charge in [0.1, 0.15) is 0 Å². The second kappa shape index (κ2) is 13.7. The SMILES string of the molecule is CCNC(=NCC(C)N1CCc2ccccc2C1)NCCCCSC.I. The minimum Gasteiger partial charge on any atom is -0.357 e. The first kappa shape index (κ1) is 23.6. The summed E-state index contributed by atoms with van der Waals surface area (Å²) >= 11 is 1.92. The predicted molar refractivity (Wildman–Crippen MR) is 127 cm³/mol. The lowest BCUT2D eigenvalue weighted by molar-refractivity contribution is 0.195. The van der Waals surface area contributed by atoms with Crippen molar-refractivity contribution in [2.75, 3.05) is 38.2 Å². The van der Waals surface area contributed by atoms with Gasteiger partial charge < -0.3 is 10.6 Å². The molecule has 0 aliphatic carbocycles. The van der Waals surface area contributed by atoms with E-state index in [0.29, 0.717) is 6.04 Å². The topological polar surface area (TPSA) is 39.7 Å². The number of halogens is 1. The molecule has 148 valence electrons. The number of rotatable bonds is 9. The Kier molecular flexibility index (Phi) is 12.4. The van der Waals surface area contributed by atoms with Gasteiger partial charge in [0.25, 0.3) is 0 Å². The van der Waals surface area contributed by atoms with Crippen molar-refractivity contribution in [1.29, 1.82) is 0 Å². The molecule has 2 N–H and O–H groups in total. The lowest BCUT2D eigenvalue weighted by Crippen LogP contribution is -2.41. The Hall–Kier alpha value is -0.470. The van der Waals surface area contributed by atoms with E-state index in [0.717, 1.165) is 45.1 Å². The zero-order valence-electron chi connectivity index (χ0n) is 16.5. The maximum absolute atomic E-state index is 4.81. The van der Waals surface area contributed by atoms with Gasteiger partial charge in [-0.25, -0.2) is 0 Å². The van der Waals surface area contributed by atoms with E-state index in [1.807, 2.05) is 11.8 Å². The van der Waals surface area contributed by atoms with Gasteiger partial charge in [0, 0.05) is 32.2 Å². The van der Waals surface area contributed by atoms with Crippen LogP contribution in [0.5, 0.6) is 0 Å². The van der Waals surface area contributed by atoms with Crippen LogP contribution in [0.25, 0.3) is 0 Å². The molecule has 1 aliphatic rings. The maximum Gasteiger partial charge on any atom is 0.191 e. The number of aliphatic imine (C=N–C) groups is 1. The van der Waals surface area contributed by atoms with Crippen molar-refractivity contribution in [3.05, 3.63) is 35.4 Å². The maximum atomic E-state index is 4.81. The molecular formula is C20H35IN4S. The quantitative estimate of drug-likeness (QED) is 0.240. The molecule has 1 aromatic rings. The lowest BCUT2D eigenvalue weighted by Gasteiger charge is -2.33. The molecule has 1 aliphatic heterocycles. The second-order valence-corrected chi connectivity index (χ2v) is 7.67. The van der Waals surface area contributed by atoms with Crippen LogP contribution in [0.1, 0.15) is 37.8 Å². The Balaban J connectivity index is 0.00000338. The highest BCUT2D eigenvalue weighted by Crippen LogP contribution is 2.20. The summed E-state index contributed by atoms with van der Waals surface area (Å²) < 4.78 is 0. The highest BCUT2D eigenvalue weighted by Gasteiger charge is 2.20. The van der Waals surface area contributed by atoms with Gasteiger partial charge in [0.15, 0.2) is 5.96 Å². The first-order chi connectivity index (χ1) is 12.2. The molecule has 0 radical (unpaired) electrons. The van der Waals surface area contributed by atoms with Crippen LogP contribution >= 0.6 is 35.7 Å². The molecule has 26 heavy (non-hydrogen) atoms. The van der Waals surface area contributed by atoms with Crippen molar-refractivity contribution >= 4 is 41.7 Å². The Labute approximate surface area is 181 Å². The van der Waals surface area contributed by atoms with Crippen LogP contribution in [0, 0.1) is 0 Å². The zero-order chi connectivity index (χ0) is 17.9. The Morgan fingerprint density at radius 1 is 1.23 bits per heavy atom. The smallest absolute Gasteiger partial charge is 0.191 e. The van der Waals surface area contributed by atoms with Crippen LogP contribution in [-0.2, 0) is 13.0 Å². The van der Waals surface area contributed by atoms with Gasteiger partial charge in [0.2, 0.25) is 0 Å². The number of hydrogen-bond donors (Lipinski definition) is 2. The summed E-state index contributed by atoms with van der Waals surface area (Å²) in [5, 5.41) is 6.83. The van der Waals surface area contributed by atoms with Gasteiger partial charge >= 0.3 is 0 Å². The van der Waals surface area contributed by atoms with Gasteiger partial charge in [-0.15, -0.1) is 24.0 Å². The van der Waals surface area contributed by atoms with E-state index in [1.165, 1.54) is 29.7 Å². The van der Waals surface area contributed by atoms with Crippen molar-refractivity contribution in [2.24, 2.45) is 4.99 Å². The standard InChI is InChI=1S/C20H34N4S.HI/c1-4-21-20(22-12-7-8-14-25-3)23-15-17(2)24-13-11-18-9-5-6-10-19(18)16-24;/h5-6,9-10,17H,4,7-8,11-16H2,1-3H3,(H2,21,22,23);1H. The number of guanidine groups is 1. The summed E-state index contributed by atoms with van der Waals surface area (Å²) in [4.78, 5) is 7.36. The number of nitrogens with zero attached hydrogens (tertiary/aromatic N) is 2. The Bertz CT molecular complexity index is 538. The summed E-state index contributed by atoms with van der Waals surface area (Å²) in [5.41, 5.74) is 2.98. The number of benzene rings is 1. The minimum absolute atomic E-state index is 0. The molecule has 0 saturated heterocycles. The Morgan fingerprint density at radius 3 is 2.73 bits per heavy atom. The van der Waals surface area contributed by atoms with Crippen molar-refractivity contribution < 1.29 is 0 Å². The number of nitrogens with one attached hydrogen (secondary N) is 2. The van der Waals surface area contributed by atoms with Crippen molar-refractivity contribution in [1.82, 2.24) is 15.5 Å². The average Bonchev–Trinajstić information content (AvgIpc) is 2.65. The van der Waals surface area contributed by atoms with E-state index >= 15 is 0 Å². The van der Waals surface area contributed by atoms with Crippen LogP contribution in [0.4, 0.5) is 0 Å². The summed E-state index contributed by atoms with van der Waals surface area (Å²) in [7, 11) is 0. The molecule has 4 nitrogen and oxygen atoms in total. The van der Waals surface area contributed by atoms with E-state index in [-0.39, 0.29) is 24.0 Å². The molecule has 6 heteroatoms. The first-order valence-corrected chi connectivity index (χ1v) is 11.0. The van der Waals surface area contributed by atoms with Gasteiger partial charge in [-0.3, -0.25) is 9.89 Å². The summed E-state index contributed by atoms with van der Waals surface area (Å²) in [6.45, 7) is 9.33. The molecular weight excluding hydrogens is 455 g/mol. The molecule has 1 heterocycles. The monoisotopic (exact) mass is 490 g/mol. The fraction of sp³-hybridized carbons (Fsp3) is 0.650. The van der Waals surface area contributed by atoms with E-state index < -0.39 is 0 Å². The molecule has 0 spiro atoms. The molecule has 0 amide bonds. The average molecular weight is 490 g/mol. The number of unbranched alkanes of at least 4 members (excludes halogenated alkanes) is 1. The highest BCUT2D eigenvalue weighted by atomic mass is 127. The molecule has 1 unspecified atom stereocenters. The number of thioether (sulfide) groups is 1. The van der Waals surface area contributed by atoms with E-state index in [4.69, 9.17) is 4.99 Å². The minimum atomic E-state index is 0. The number of fused-ring (bicyclic) bond motifs is 1. The third-order valence-corrected chi connectivity index (χ3v) is 5.41. The largest absolute Gasteiger partial charge is 0.357 e. The van der Waals surface area contributed by atoms with Crippen molar-refractivity contribution in [3.63, 3.8) is 0 Å². The molecule has 1 aromatic carbocycles. The van der Waals surface area contributed by atoms with Crippen molar-refractivity contribution in [2.45, 2.75) is 45.7 Å². The fourth-order valence-electron chi connectivity index (χ4n) is 3.15. The van der Waals surface area contributed by atoms with Gasteiger partial charge in [-0.1, -0.05) is 24.3 Å². The van der Waals surface area contributed by atoms with Crippen LogP contribution in [0.2, 0.25) is 0 Å². The van der Waals surface area contributed by atoms with E-state index in [9.17, 15) is 0 Å². The first-order valence-electron chi connectivity index (χ1n) is 9.56. The van der Waals surface area contributed by atoms with E-state index in [1.54, 1.807) is 0 Å². The van der Waals surface area contributed by atoms with Gasteiger partial charge in [-0.2, -0.15) is 11.8 Å². The normalized spacial score (nSPS) is 15.7. The van der Waals surface area contributed by atoms with Crippen LogP contribution in [-0.4, -0.2) is 55.1 Å². The Morgan fingerprint density at radius 2 is 2.00 bits per heavy atom. The highest BCUT2D eigenvalue weighted by molar-refractivity contribution is 14.0. The van der Waals surface area contributed by atoms with E-state index in [2.05, 4.69) is 59.9 Å². The predicted octanol–water partition coefficient (Wildman–Crippen LogP) is 3.75. The van der Waals surface area contributed by atoms with Crippen LogP contribution < -0.4 is 10.6 Å². The number of hydrogen-bond acceptors (Lipinski definition) is 3. The molecule has 0 aromatic heterocycles. The third kappa shape index (κ3) is 8.05. The van der Waals surface area contributed by atoms with Crippen LogP contribution in [0.3, 0.4) is 0 Å². The van der Waals surface area contributed by atoms with Crippen LogP contribution in [0.15, 0.2) is 29.3 Å². The second-order valence-electron chi connectivity index (χ2n) is 6.68. The third-order valence-electron chi connectivity index (χ3n) is 4.71. The summed E-state index contributed by atoms with van der Waals surface area (Å²) in [6.07, 6.45) is 5.78. The van der Waals surface area contributed by atoms with Gasteiger partial charge in [0.05, 0.1) is 6.54 Å². The molecule has 2 rings (SSSR count). The fourth-order valence-corrected chi connectivity index (χ4v) is 3.65. The zero-order valence-corrected chi connectivity index (χ0v) is 19.6. The summed E-state index contributed by atoms with van der Waals surface area (Å²) in [6, 6.07) is 9.28. The molecule has 0 saturated carbocycles. The van der Waals surface area contributed by atoms with Crippen molar-refractivity contribution in [3.8, 4) is 0 Å². The molecule has 0 fully saturated rings. The lowest BCUT2D eigenvalue weighted by atomic mass is 9.99. The molecule has 1 atom stereocenters. The van der Waals surface area contributed by atoms with Gasteiger partial charge in [-0.05, 0) is 56.2 Å². The summed E-state index contributed by atoms with van der Waals surface area (Å²) in [5.74, 6) is 2.19.